The van der Waals surface area contributed by atoms with E-state index in [-0.39, 0.29) is 24.3 Å². The third-order valence-corrected chi connectivity index (χ3v) is 6.06. The Morgan fingerprint density at radius 1 is 1.08 bits per heavy atom. The Morgan fingerprint density at radius 2 is 1.79 bits per heavy atom. The van der Waals surface area contributed by atoms with Gasteiger partial charge in [0.05, 0.1) is 24.0 Å². The Bertz CT molecular complexity index is 705. The maximum atomic E-state index is 12.9. The molecule has 0 radical (unpaired) electrons. The second-order valence-corrected chi connectivity index (χ2v) is 7.84. The fraction of sp³-hybridized carbons (Fsp3) is 0.600. The molecular weight excluding hydrogens is 347 g/mol. The molecule has 0 bridgehead atoms. The summed E-state index contributed by atoms with van der Waals surface area (Å²) in [6.45, 7) is 0.415. The Labute approximate surface area is 138 Å². The van der Waals surface area contributed by atoms with Gasteiger partial charge in [-0.1, -0.05) is 0 Å². The van der Waals surface area contributed by atoms with E-state index >= 15 is 0 Å². The van der Waals surface area contributed by atoms with E-state index in [1.54, 1.807) is 0 Å². The molecule has 1 atom stereocenters. The van der Waals surface area contributed by atoms with Crippen molar-refractivity contribution < 1.29 is 31.1 Å². The summed E-state index contributed by atoms with van der Waals surface area (Å²) in [5, 5.41) is 0. The summed E-state index contributed by atoms with van der Waals surface area (Å²) in [4.78, 5) is -0.0745. The standard InChI is InChI=1S/C15H18F3NO4S/c16-15(17,18)11-3-1-6-19(10-11)24(20,21)12-4-5-13-14(9-12)23-8-2-7-22-13/h4-5,9,11H,1-3,6-8,10H2. The minimum absolute atomic E-state index is 0.0450. The molecule has 24 heavy (non-hydrogen) atoms. The largest absolute Gasteiger partial charge is 0.490 e. The fourth-order valence-corrected chi connectivity index (χ4v) is 4.42. The van der Waals surface area contributed by atoms with Gasteiger partial charge in [-0.2, -0.15) is 17.5 Å². The normalized spacial score (nSPS) is 22.9. The van der Waals surface area contributed by atoms with E-state index in [1.165, 1.54) is 18.2 Å². The molecule has 3 rings (SSSR count). The predicted octanol–water partition coefficient (Wildman–Crippen LogP) is 2.81. The van der Waals surface area contributed by atoms with Gasteiger partial charge in [-0.05, 0) is 25.0 Å². The summed E-state index contributed by atoms with van der Waals surface area (Å²) in [5.74, 6) is -0.877. The topological polar surface area (TPSA) is 55.8 Å². The Kier molecular flexibility index (Phi) is 4.65. The van der Waals surface area contributed by atoms with Crippen LogP contribution in [0.2, 0.25) is 0 Å². The van der Waals surface area contributed by atoms with Gasteiger partial charge in [-0.3, -0.25) is 0 Å². The first kappa shape index (κ1) is 17.3. The predicted molar refractivity (Wildman–Crippen MR) is 79.6 cm³/mol. The molecule has 2 aliphatic heterocycles. The number of fused-ring (bicyclic) bond motifs is 1. The van der Waals surface area contributed by atoms with Crippen molar-refractivity contribution in [2.24, 2.45) is 5.92 Å². The monoisotopic (exact) mass is 365 g/mol. The van der Waals surface area contributed by atoms with Crippen molar-refractivity contribution in [1.82, 2.24) is 4.31 Å². The first-order chi connectivity index (χ1) is 11.3. The fourth-order valence-electron chi connectivity index (χ4n) is 2.88. The lowest BCUT2D eigenvalue weighted by molar-refractivity contribution is -0.182. The van der Waals surface area contributed by atoms with Crippen molar-refractivity contribution in [3.05, 3.63) is 18.2 Å². The molecule has 0 aliphatic carbocycles. The molecule has 1 fully saturated rings. The summed E-state index contributed by atoms with van der Waals surface area (Å²) in [6, 6.07) is 4.16. The number of halogens is 3. The second kappa shape index (κ2) is 6.44. The molecule has 0 saturated carbocycles. The summed E-state index contributed by atoms with van der Waals surface area (Å²) in [5.41, 5.74) is 0. The molecule has 134 valence electrons. The maximum absolute atomic E-state index is 12.9. The van der Waals surface area contributed by atoms with Crippen LogP contribution in [0.1, 0.15) is 19.3 Å². The first-order valence-electron chi connectivity index (χ1n) is 7.75. The first-order valence-corrected chi connectivity index (χ1v) is 9.19. The van der Waals surface area contributed by atoms with Crippen molar-refractivity contribution in [2.75, 3.05) is 26.3 Å². The van der Waals surface area contributed by atoms with Crippen LogP contribution in [-0.4, -0.2) is 45.2 Å². The number of ether oxygens (including phenoxy) is 2. The molecule has 2 aliphatic rings. The third-order valence-electron chi connectivity index (χ3n) is 4.20. The SMILES string of the molecule is O=S(=O)(c1ccc2c(c1)OCCCO2)N1CCCC(C(F)(F)F)C1. The second-order valence-electron chi connectivity index (χ2n) is 5.90. The zero-order chi connectivity index (χ0) is 17.4. The van der Waals surface area contributed by atoms with Crippen LogP contribution < -0.4 is 9.47 Å². The van der Waals surface area contributed by atoms with Crippen molar-refractivity contribution in [3.63, 3.8) is 0 Å². The number of hydrogen-bond donors (Lipinski definition) is 0. The molecule has 1 aromatic rings. The number of benzene rings is 1. The number of alkyl halides is 3. The summed E-state index contributed by atoms with van der Waals surface area (Å²) in [7, 11) is -4.00. The van der Waals surface area contributed by atoms with E-state index in [9.17, 15) is 21.6 Å². The van der Waals surface area contributed by atoms with Crippen LogP contribution >= 0.6 is 0 Å². The van der Waals surface area contributed by atoms with Gasteiger partial charge in [0.2, 0.25) is 10.0 Å². The lowest BCUT2D eigenvalue weighted by atomic mass is 9.99. The lowest BCUT2D eigenvalue weighted by Gasteiger charge is -2.32. The van der Waals surface area contributed by atoms with Crippen molar-refractivity contribution >= 4 is 10.0 Å². The zero-order valence-corrected chi connectivity index (χ0v) is 13.7. The van der Waals surface area contributed by atoms with Gasteiger partial charge in [0, 0.05) is 25.6 Å². The molecular formula is C15H18F3NO4S. The van der Waals surface area contributed by atoms with Gasteiger partial charge in [0.15, 0.2) is 11.5 Å². The van der Waals surface area contributed by atoms with Gasteiger partial charge in [0.1, 0.15) is 0 Å². The van der Waals surface area contributed by atoms with Crippen molar-refractivity contribution in [2.45, 2.75) is 30.3 Å². The minimum atomic E-state index is -4.39. The van der Waals surface area contributed by atoms with E-state index in [0.717, 1.165) is 4.31 Å². The average Bonchev–Trinajstić information content (AvgIpc) is 2.78. The van der Waals surface area contributed by atoms with Crippen LogP contribution in [0.5, 0.6) is 11.5 Å². The summed E-state index contributed by atoms with van der Waals surface area (Å²) >= 11 is 0. The molecule has 0 aromatic heterocycles. The highest BCUT2D eigenvalue weighted by Gasteiger charge is 2.44. The van der Waals surface area contributed by atoms with Crippen LogP contribution in [0.4, 0.5) is 13.2 Å². The molecule has 5 nitrogen and oxygen atoms in total. The van der Waals surface area contributed by atoms with Crippen LogP contribution in [0, 0.1) is 5.92 Å². The Balaban J connectivity index is 1.86. The quantitative estimate of drug-likeness (QED) is 0.809. The highest BCUT2D eigenvalue weighted by atomic mass is 32.2. The van der Waals surface area contributed by atoms with E-state index in [1.807, 2.05) is 0 Å². The van der Waals surface area contributed by atoms with Crippen molar-refractivity contribution in [3.8, 4) is 11.5 Å². The molecule has 0 spiro atoms. The molecule has 0 N–H and O–H groups in total. The van der Waals surface area contributed by atoms with Crippen LogP contribution in [0.15, 0.2) is 23.1 Å². The third kappa shape index (κ3) is 3.46. The molecule has 1 unspecified atom stereocenters. The van der Waals surface area contributed by atoms with E-state index in [0.29, 0.717) is 31.1 Å². The van der Waals surface area contributed by atoms with Gasteiger partial charge in [-0.25, -0.2) is 8.42 Å². The summed E-state index contributed by atoms with van der Waals surface area (Å²) < 4.78 is 76.0. The zero-order valence-electron chi connectivity index (χ0n) is 12.9. The van der Waals surface area contributed by atoms with Crippen LogP contribution in [0.3, 0.4) is 0 Å². The highest BCUT2D eigenvalue weighted by molar-refractivity contribution is 7.89. The minimum Gasteiger partial charge on any atom is -0.490 e. The van der Waals surface area contributed by atoms with Crippen molar-refractivity contribution in [1.29, 1.82) is 0 Å². The highest BCUT2D eigenvalue weighted by Crippen LogP contribution is 2.37. The number of sulfonamides is 1. The van der Waals surface area contributed by atoms with Gasteiger partial charge in [-0.15, -0.1) is 0 Å². The average molecular weight is 365 g/mol. The number of nitrogens with zero attached hydrogens (tertiary/aromatic N) is 1. The maximum Gasteiger partial charge on any atom is 0.393 e. The van der Waals surface area contributed by atoms with E-state index in [2.05, 4.69) is 0 Å². The summed E-state index contributed by atoms with van der Waals surface area (Å²) in [6.07, 6.45) is -3.57. The smallest absolute Gasteiger partial charge is 0.393 e. The molecule has 0 amide bonds. The Hall–Kier alpha value is -1.48. The van der Waals surface area contributed by atoms with E-state index in [4.69, 9.17) is 9.47 Å². The molecule has 2 heterocycles. The lowest BCUT2D eigenvalue weighted by Crippen LogP contribution is -2.44. The van der Waals surface area contributed by atoms with Gasteiger partial charge >= 0.3 is 6.18 Å². The molecule has 9 heteroatoms. The Morgan fingerprint density at radius 3 is 2.50 bits per heavy atom. The van der Waals surface area contributed by atoms with Crippen LogP contribution in [0.25, 0.3) is 0 Å². The molecule has 1 aromatic carbocycles. The van der Waals surface area contributed by atoms with Gasteiger partial charge < -0.3 is 9.47 Å². The van der Waals surface area contributed by atoms with E-state index < -0.39 is 28.7 Å². The number of piperidine rings is 1. The number of rotatable bonds is 2. The van der Waals surface area contributed by atoms with Crippen LogP contribution in [-0.2, 0) is 10.0 Å². The molecule has 1 saturated heterocycles. The number of hydrogen-bond acceptors (Lipinski definition) is 4. The van der Waals surface area contributed by atoms with Gasteiger partial charge in [0.25, 0.3) is 0 Å².